The fraction of sp³-hybridized carbons (Fsp3) is 1.00. The van der Waals surface area contributed by atoms with Crippen molar-refractivity contribution in [3.05, 3.63) is 0 Å². The van der Waals surface area contributed by atoms with Gasteiger partial charge in [0.05, 0.1) is 6.10 Å². The van der Waals surface area contributed by atoms with E-state index in [2.05, 4.69) is 34.6 Å². The second kappa shape index (κ2) is 9.84. The van der Waals surface area contributed by atoms with Gasteiger partial charge in [0.25, 0.3) is 0 Å². The SMILES string of the molecule is CC.CC(C)CCCC(C)C1CCC2C3CCC4CC(O)CCC4(C)C3CCC12C. The molecule has 30 heavy (non-hydrogen) atoms. The standard InChI is InChI=1S/C27H48O.C2H6/c1-18(2)7-6-8-19(3)23-11-12-24-22-10-9-20-17-21(28)13-15-26(20,4)25(22)14-16-27(23,24)5;1-2/h18-25,28H,6-17H2,1-5H3;1-2H3. The zero-order valence-electron chi connectivity index (χ0n) is 21.6. The lowest BCUT2D eigenvalue weighted by atomic mass is 9.44. The Hall–Kier alpha value is -0.0400. The predicted octanol–water partition coefficient (Wildman–Crippen LogP) is 8.49. The van der Waals surface area contributed by atoms with E-state index in [1.54, 1.807) is 0 Å². The van der Waals surface area contributed by atoms with E-state index in [1.165, 1.54) is 64.2 Å². The van der Waals surface area contributed by atoms with Crippen molar-refractivity contribution in [2.24, 2.45) is 52.3 Å². The van der Waals surface area contributed by atoms with Gasteiger partial charge in [0.2, 0.25) is 0 Å². The summed E-state index contributed by atoms with van der Waals surface area (Å²) in [4.78, 5) is 0. The van der Waals surface area contributed by atoms with Gasteiger partial charge in [-0.2, -0.15) is 0 Å². The predicted molar refractivity (Wildman–Crippen MR) is 130 cm³/mol. The maximum atomic E-state index is 10.3. The zero-order chi connectivity index (χ0) is 22.1. The highest BCUT2D eigenvalue weighted by Gasteiger charge is 2.60. The quantitative estimate of drug-likeness (QED) is 0.474. The van der Waals surface area contributed by atoms with E-state index in [9.17, 15) is 5.11 Å². The highest BCUT2D eigenvalue weighted by atomic mass is 16.3. The average Bonchev–Trinajstić information content (AvgIpc) is 3.07. The van der Waals surface area contributed by atoms with Crippen LogP contribution in [0.1, 0.15) is 126 Å². The molecule has 4 fully saturated rings. The van der Waals surface area contributed by atoms with E-state index < -0.39 is 0 Å². The zero-order valence-corrected chi connectivity index (χ0v) is 21.6. The smallest absolute Gasteiger partial charge is 0.0543 e. The molecule has 0 aliphatic heterocycles. The molecule has 0 aromatic carbocycles. The van der Waals surface area contributed by atoms with E-state index in [4.69, 9.17) is 0 Å². The monoisotopic (exact) mass is 418 g/mol. The van der Waals surface area contributed by atoms with E-state index in [-0.39, 0.29) is 6.10 Å². The van der Waals surface area contributed by atoms with Crippen molar-refractivity contribution in [2.75, 3.05) is 0 Å². The Balaban J connectivity index is 0.00000124. The molecule has 0 radical (unpaired) electrons. The first kappa shape index (κ1) is 24.6. The summed E-state index contributed by atoms with van der Waals surface area (Å²) in [5.74, 6) is 6.49. The van der Waals surface area contributed by atoms with Crippen molar-refractivity contribution in [1.82, 2.24) is 0 Å². The van der Waals surface area contributed by atoms with Gasteiger partial charge >= 0.3 is 0 Å². The molecule has 9 atom stereocenters. The third-order valence-corrected chi connectivity index (χ3v) is 10.8. The van der Waals surface area contributed by atoms with Gasteiger partial charge in [0.15, 0.2) is 0 Å². The Morgan fingerprint density at radius 2 is 1.47 bits per heavy atom. The maximum Gasteiger partial charge on any atom is 0.0543 e. The average molecular weight is 419 g/mol. The summed E-state index contributed by atoms with van der Waals surface area (Å²) in [5, 5.41) is 10.3. The first-order chi connectivity index (χ1) is 14.3. The summed E-state index contributed by atoms with van der Waals surface area (Å²) in [6.45, 7) is 16.7. The molecule has 1 nitrogen and oxygen atoms in total. The van der Waals surface area contributed by atoms with Crippen molar-refractivity contribution >= 4 is 0 Å². The maximum absolute atomic E-state index is 10.3. The van der Waals surface area contributed by atoms with Crippen LogP contribution >= 0.6 is 0 Å². The van der Waals surface area contributed by atoms with Gasteiger partial charge < -0.3 is 5.11 Å². The topological polar surface area (TPSA) is 20.2 Å². The highest BCUT2D eigenvalue weighted by molar-refractivity contribution is 5.09. The molecule has 9 unspecified atom stereocenters. The number of aliphatic hydroxyl groups excluding tert-OH is 1. The molecule has 4 rings (SSSR count). The fourth-order valence-electron chi connectivity index (χ4n) is 9.26. The van der Waals surface area contributed by atoms with Crippen LogP contribution < -0.4 is 0 Å². The van der Waals surface area contributed by atoms with Gasteiger partial charge in [0, 0.05) is 0 Å². The molecule has 1 heteroatoms. The molecule has 0 heterocycles. The largest absolute Gasteiger partial charge is 0.393 e. The summed E-state index contributed by atoms with van der Waals surface area (Å²) in [6.07, 6.45) is 16.6. The molecular formula is C29H54O. The Labute approximate surface area is 189 Å². The van der Waals surface area contributed by atoms with Crippen LogP contribution in [0, 0.1) is 52.3 Å². The first-order valence-corrected chi connectivity index (χ1v) is 13.9. The lowest BCUT2D eigenvalue weighted by molar-refractivity contribution is -0.129. The third-order valence-electron chi connectivity index (χ3n) is 10.8. The number of hydrogen-bond donors (Lipinski definition) is 1. The van der Waals surface area contributed by atoms with Gasteiger partial charge in [-0.1, -0.05) is 67.7 Å². The van der Waals surface area contributed by atoms with Crippen molar-refractivity contribution in [3.63, 3.8) is 0 Å². The van der Waals surface area contributed by atoms with Crippen LogP contribution in [-0.2, 0) is 0 Å². The van der Waals surface area contributed by atoms with Crippen LogP contribution in [0.15, 0.2) is 0 Å². The molecule has 4 saturated carbocycles. The number of rotatable bonds is 5. The molecule has 1 N–H and O–H groups in total. The Morgan fingerprint density at radius 1 is 0.800 bits per heavy atom. The summed E-state index contributed by atoms with van der Waals surface area (Å²) >= 11 is 0. The Kier molecular flexibility index (Phi) is 8.07. The molecule has 176 valence electrons. The van der Waals surface area contributed by atoms with Crippen molar-refractivity contribution < 1.29 is 5.11 Å². The molecule has 0 aromatic heterocycles. The first-order valence-electron chi connectivity index (χ1n) is 13.9. The van der Waals surface area contributed by atoms with Gasteiger partial charge in [-0.3, -0.25) is 0 Å². The Morgan fingerprint density at radius 3 is 2.17 bits per heavy atom. The number of aliphatic hydroxyl groups is 1. The number of hydrogen-bond acceptors (Lipinski definition) is 1. The van der Waals surface area contributed by atoms with E-state index in [0.29, 0.717) is 10.8 Å². The van der Waals surface area contributed by atoms with Crippen molar-refractivity contribution in [1.29, 1.82) is 0 Å². The molecule has 0 aromatic rings. The Bertz CT molecular complexity index is 540. The molecule has 0 spiro atoms. The van der Waals surface area contributed by atoms with Crippen LogP contribution in [-0.4, -0.2) is 11.2 Å². The third kappa shape index (κ3) is 4.40. The minimum absolute atomic E-state index is 0.00830. The molecule has 4 aliphatic carbocycles. The van der Waals surface area contributed by atoms with E-state index in [0.717, 1.165) is 54.3 Å². The van der Waals surface area contributed by atoms with Gasteiger partial charge in [-0.05, 0) is 110 Å². The number of fused-ring (bicyclic) bond motifs is 5. The summed E-state index contributed by atoms with van der Waals surface area (Å²) < 4.78 is 0. The normalized spacial score (nSPS) is 46.3. The summed E-state index contributed by atoms with van der Waals surface area (Å²) in [7, 11) is 0. The summed E-state index contributed by atoms with van der Waals surface area (Å²) in [5.41, 5.74) is 1.15. The van der Waals surface area contributed by atoms with E-state index in [1.807, 2.05) is 13.8 Å². The highest BCUT2D eigenvalue weighted by Crippen LogP contribution is 2.68. The van der Waals surface area contributed by atoms with Crippen molar-refractivity contribution in [2.45, 2.75) is 132 Å². The van der Waals surface area contributed by atoms with Crippen LogP contribution in [0.2, 0.25) is 0 Å². The minimum atomic E-state index is -0.00830. The molecular weight excluding hydrogens is 364 g/mol. The fourth-order valence-corrected chi connectivity index (χ4v) is 9.26. The lowest BCUT2D eigenvalue weighted by Crippen LogP contribution is -2.54. The second-order valence-corrected chi connectivity index (χ2v) is 12.6. The van der Waals surface area contributed by atoms with E-state index >= 15 is 0 Å². The van der Waals surface area contributed by atoms with Gasteiger partial charge in [-0.15, -0.1) is 0 Å². The van der Waals surface area contributed by atoms with Gasteiger partial charge in [0.1, 0.15) is 0 Å². The van der Waals surface area contributed by atoms with Crippen LogP contribution in [0.5, 0.6) is 0 Å². The second-order valence-electron chi connectivity index (χ2n) is 12.6. The summed E-state index contributed by atoms with van der Waals surface area (Å²) in [6, 6.07) is 0. The van der Waals surface area contributed by atoms with Crippen LogP contribution in [0.3, 0.4) is 0 Å². The van der Waals surface area contributed by atoms with Crippen LogP contribution in [0.4, 0.5) is 0 Å². The minimum Gasteiger partial charge on any atom is -0.393 e. The van der Waals surface area contributed by atoms with Gasteiger partial charge in [-0.25, -0.2) is 0 Å². The molecule has 0 amide bonds. The lowest BCUT2D eigenvalue weighted by Gasteiger charge is -2.61. The molecule has 0 saturated heterocycles. The molecule has 0 bridgehead atoms. The van der Waals surface area contributed by atoms with Crippen molar-refractivity contribution in [3.8, 4) is 0 Å². The van der Waals surface area contributed by atoms with Crippen LogP contribution in [0.25, 0.3) is 0 Å². The molecule has 4 aliphatic rings.